The highest BCUT2D eigenvalue weighted by atomic mass is 16.5. The van der Waals surface area contributed by atoms with Crippen LogP contribution in [0.1, 0.15) is 52.4 Å². The van der Waals surface area contributed by atoms with Crippen molar-refractivity contribution in [2.45, 2.75) is 64.5 Å². The van der Waals surface area contributed by atoms with Gasteiger partial charge in [0, 0.05) is 12.6 Å². The quantitative estimate of drug-likeness (QED) is 0.680. The highest BCUT2D eigenvalue weighted by Gasteiger charge is 2.14. The van der Waals surface area contributed by atoms with Gasteiger partial charge in [-0.25, -0.2) is 0 Å². The number of hydrogen-bond acceptors (Lipinski definition) is 2. The Labute approximate surface area is 88.4 Å². The molecule has 1 saturated heterocycles. The zero-order valence-electron chi connectivity index (χ0n) is 9.72. The van der Waals surface area contributed by atoms with Crippen molar-refractivity contribution in [2.24, 2.45) is 0 Å². The molecule has 0 aromatic rings. The van der Waals surface area contributed by atoms with E-state index in [1.165, 1.54) is 38.5 Å². The van der Waals surface area contributed by atoms with Gasteiger partial charge in [0.25, 0.3) is 0 Å². The molecular weight excluding hydrogens is 174 g/mol. The minimum atomic E-state index is 0.542. The fraction of sp³-hybridized carbons (Fsp3) is 1.00. The van der Waals surface area contributed by atoms with Crippen molar-refractivity contribution in [1.82, 2.24) is 5.32 Å². The van der Waals surface area contributed by atoms with Crippen molar-refractivity contribution >= 4 is 0 Å². The van der Waals surface area contributed by atoms with E-state index >= 15 is 0 Å². The number of nitrogens with one attached hydrogen (secondary N) is 1. The predicted molar refractivity (Wildman–Crippen MR) is 60.6 cm³/mol. The van der Waals surface area contributed by atoms with Crippen molar-refractivity contribution in [3.63, 3.8) is 0 Å². The summed E-state index contributed by atoms with van der Waals surface area (Å²) in [4.78, 5) is 0. The van der Waals surface area contributed by atoms with Crippen LogP contribution in [-0.2, 0) is 4.74 Å². The molecule has 0 bridgehead atoms. The Morgan fingerprint density at radius 1 is 1.50 bits per heavy atom. The summed E-state index contributed by atoms with van der Waals surface area (Å²) in [6.07, 6.45) is 8.21. The van der Waals surface area contributed by atoms with Crippen LogP contribution < -0.4 is 5.32 Å². The molecule has 2 unspecified atom stereocenters. The van der Waals surface area contributed by atoms with E-state index in [1.54, 1.807) is 0 Å². The van der Waals surface area contributed by atoms with Crippen molar-refractivity contribution < 1.29 is 4.74 Å². The van der Waals surface area contributed by atoms with Crippen molar-refractivity contribution in [3.05, 3.63) is 0 Å². The number of hydrogen-bond donors (Lipinski definition) is 1. The summed E-state index contributed by atoms with van der Waals surface area (Å²) < 4.78 is 5.58. The summed E-state index contributed by atoms with van der Waals surface area (Å²) in [7, 11) is 0. The van der Waals surface area contributed by atoms with E-state index in [1.807, 2.05) is 0 Å². The Bertz CT molecular complexity index is 132. The second kappa shape index (κ2) is 7.24. The summed E-state index contributed by atoms with van der Waals surface area (Å²) in [5.41, 5.74) is 0. The number of unbranched alkanes of at least 4 members (excludes halogenated alkanes) is 1. The molecule has 0 saturated carbocycles. The van der Waals surface area contributed by atoms with E-state index in [4.69, 9.17) is 4.74 Å². The number of ether oxygens (including phenoxy) is 1. The molecule has 1 aliphatic rings. The lowest BCUT2D eigenvalue weighted by atomic mass is 10.1. The van der Waals surface area contributed by atoms with Crippen LogP contribution in [0.15, 0.2) is 0 Å². The van der Waals surface area contributed by atoms with E-state index in [9.17, 15) is 0 Å². The zero-order valence-corrected chi connectivity index (χ0v) is 9.72. The molecule has 0 aromatic heterocycles. The highest BCUT2D eigenvalue weighted by Crippen LogP contribution is 2.14. The van der Waals surface area contributed by atoms with Crippen LogP contribution in [0.5, 0.6) is 0 Å². The standard InChI is InChI=1S/C12H25NO/c1-3-4-6-11(2)13-9-8-12-7-5-10-14-12/h11-13H,3-10H2,1-2H3. The molecule has 1 fully saturated rings. The largest absolute Gasteiger partial charge is 0.378 e. The highest BCUT2D eigenvalue weighted by molar-refractivity contribution is 4.68. The Hall–Kier alpha value is -0.0800. The van der Waals surface area contributed by atoms with Gasteiger partial charge in [0.1, 0.15) is 0 Å². The minimum Gasteiger partial charge on any atom is -0.378 e. The third-order valence-corrected chi connectivity index (χ3v) is 2.97. The number of rotatable bonds is 7. The lowest BCUT2D eigenvalue weighted by molar-refractivity contribution is 0.103. The first kappa shape index (κ1) is 12.0. The lowest BCUT2D eigenvalue weighted by Gasteiger charge is -2.15. The van der Waals surface area contributed by atoms with Crippen LogP contribution in [0.25, 0.3) is 0 Å². The maximum Gasteiger partial charge on any atom is 0.0588 e. The Balaban J connectivity index is 1.91. The minimum absolute atomic E-state index is 0.542. The molecule has 14 heavy (non-hydrogen) atoms. The third-order valence-electron chi connectivity index (χ3n) is 2.97. The molecule has 0 spiro atoms. The van der Waals surface area contributed by atoms with Gasteiger partial charge in [0.05, 0.1) is 6.10 Å². The molecular formula is C12H25NO. The molecule has 2 nitrogen and oxygen atoms in total. The Kier molecular flexibility index (Phi) is 6.20. The smallest absolute Gasteiger partial charge is 0.0588 e. The van der Waals surface area contributed by atoms with Gasteiger partial charge >= 0.3 is 0 Å². The molecule has 2 atom stereocenters. The fourth-order valence-electron chi connectivity index (χ4n) is 1.98. The van der Waals surface area contributed by atoms with Crippen LogP contribution in [0, 0.1) is 0 Å². The summed E-state index contributed by atoms with van der Waals surface area (Å²) in [5.74, 6) is 0. The van der Waals surface area contributed by atoms with Crippen molar-refractivity contribution in [1.29, 1.82) is 0 Å². The molecule has 0 radical (unpaired) electrons. The van der Waals surface area contributed by atoms with Gasteiger partial charge < -0.3 is 10.1 Å². The van der Waals surface area contributed by atoms with E-state index < -0.39 is 0 Å². The summed E-state index contributed by atoms with van der Waals surface area (Å²) in [5, 5.41) is 3.56. The monoisotopic (exact) mass is 199 g/mol. The molecule has 84 valence electrons. The first-order valence-electron chi connectivity index (χ1n) is 6.18. The molecule has 1 N–H and O–H groups in total. The maximum atomic E-state index is 5.58. The van der Waals surface area contributed by atoms with Gasteiger partial charge in [-0.15, -0.1) is 0 Å². The Morgan fingerprint density at radius 2 is 2.36 bits per heavy atom. The van der Waals surface area contributed by atoms with Crippen LogP contribution in [0.2, 0.25) is 0 Å². The maximum absolute atomic E-state index is 5.58. The summed E-state index contributed by atoms with van der Waals surface area (Å²) in [6, 6.07) is 0.677. The van der Waals surface area contributed by atoms with Crippen molar-refractivity contribution in [2.75, 3.05) is 13.2 Å². The van der Waals surface area contributed by atoms with Crippen LogP contribution in [0.3, 0.4) is 0 Å². The van der Waals surface area contributed by atoms with Gasteiger partial charge in [0.2, 0.25) is 0 Å². The van der Waals surface area contributed by atoms with Gasteiger partial charge in [0.15, 0.2) is 0 Å². The predicted octanol–water partition coefficient (Wildman–Crippen LogP) is 2.72. The molecule has 1 rings (SSSR count). The Morgan fingerprint density at radius 3 is 3.00 bits per heavy atom. The van der Waals surface area contributed by atoms with E-state index in [0.717, 1.165) is 13.2 Å². The van der Waals surface area contributed by atoms with Gasteiger partial charge in [-0.3, -0.25) is 0 Å². The summed E-state index contributed by atoms with van der Waals surface area (Å²) >= 11 is 0. The zero-order chi connectivity index (χ0) is 10.2. The topological polar surface area (TPSA) is 21.3 Å². The average Bonchev–Trinajstić information content (AvgIpc) is 2.67. The normalized spacial score (nSPS) is 24.0. The van der Waals surface area contributed by atoms with E-state index in [-0.39, 0.29) is 0 Å². The lowest BCUT2D eigenvalue weighted by Crippen LogP contribution is -2.29. The molecule has 0 aromatic carbocycles. The van der Waals surface area contributed by atoms with Crippen LogP contribution in [-0.4, -0.2) is 25.3 Å². The van der Waals surface area contributed by atoms with Crippen molar-refractivity contribution in [3.8, 4) is 0 Å². The molecule has 2 heteroatoms. The third kappa shape index (κ3) is 4.97. The molecule has 0 aliphatic carbocycles. The van der Waals surface area contributed by atoms with Gasteiger partial charge in [-0.05, 0) is 39.2 Å². The SMILES string of the molecule is CCCCC(C)NCCC1CCCO1. The van der Waals surface area contributed by atoms with Crippen LogP contribution in [0.4, 0.5) is 0 Å². The first-order chi connectivity index (χ1) is 6.83. The summed E-state index contributed by atoms with van der Waals surface area (Å²) in [6.45, 7) is 6.63. The second-order valence-corrected chi connectivity index (χ2v) is 4.42. The van der Waals surface area contributed by atoms with Crippen LogP contribution >= 0.6 is 0 Å². The fourth-order valence-corrected chi connectivity index (χ4v) is 1.98. The average molecular weight is 199 g/mol. The molecule has 1 heterocycles. The molecule has 0 amide bonds. The van der Waals surface area contributed by atoms with Gasteiger partial charge in [-0.1, -0.05) is 19.8 Å². The van der Waals surface area contributed by atoms with E-state index in [2.05, 4.69) is 19.2 Å². The first-order valence-corrected chi connectivity index (χ1v) is 6.18. The molecule has 1 aliphatic heterocycles. The van der Waals surface area contributed by atoms with E-state index in [0.29, 0.717) is 12.1 Å². The van der Waals surface area contributed by atoms with Gasteiger partial charge in [-0.2, -0.15) is 0 Å². The second-order valence-electron chi connectivity index (χ2n) is 4.42.